The van der Waals surface area contributed by atoms with Gasteiger partial charge in [0.1, 0.15) is 5.69 Å². The number of aromatic nitrogens is 3. The number of sulfone groups is 1. The van der Waals surface area contributed by atoms with Gasteiger partial charge in [0.2, 0.25) is 0 Å². The Labute approximate surface area is 149 Å². The Morgan fingerprint density at radius 3 is 2.35 bits per heavy atom. The van der Waals surface area contributed by atoms with Crippen molar-refractivity contribution in [3.8, 4) is 29.4 Å². The van der Waals surface area contributed by atoms with E-state index in [1.54, 1.807) is 24.3 Å². The van der Waals surface area contributed by atoms with Gasteiger partial charge >= 0.3 is 0 Å². The number of benzene rings is 1. The highest BCUT2D eigenvalue weighted by molar-refractivity contribution is 7.90. The van der Waals surface area contributed by atoms with Gasteiger partial charge in [-0.25, -0.2) is 26.9 Å². The van der Waals surface area contributed by atoms with Crippen LogP contribution < -0.4 is 0 Å². The summed E-state index contributed by atoms with van der Waals surface area (Å²) in [7, 11) is -3.41. The van der Waals surface area contributed by atoms with E-state index in [0.29, 0.717) is 16.8 Å². The average molecular weight is 373 g/mol. The zero-order valence-electron chi connectivity index (χ0n) is 13.6. The van der Waals surface area contributed by atoms with Gasteiger partial charge in [0.15, 0.2) is 15.7 Å². The highest BCUT2D eigenvalue weighted by Crippen LogP contribution is 2.28. The molecule has 0 atom stereocenters. The van der Waals surface area contributed by atoms with Crippen molar-refractivity contribution >= 4 is 9.84 Å². The first-order valence-corrected chi connectivity index (χ1v) is 9.30. The summed E-state index contributed by atoms with van der Waals surface area (Å²) < 4.78 is 50.6. The topological polar surface area (TPSA) is 64.8 Å². The monoisotopic (exact) mass is 373 g/mol. The quantitative estimate of drug-likeness (QED) is 0.659. The molecule has 5 nitrogen and oxygen atoms in total. The van der Waals surface area contributed by atoms with Gasteiger partial charge in [-0.2, -0.15) is 5.10 Å². The van der Waals surface area contributed by atoms with Crippen molar-refractivity contribution in [3.63, 3.8) is 0 Å². The number of alkyl halides is 2. The molecule has 3 rings (SSSR count). The molecular weight excluding hydrogens is 360 g/mol. The van der Waals surface area contributed by atoms with E-state index in [4.69, 9.17) is 6.42 Å². The van der Waals surface area contributed by atoms with Gasteiger partial charge in [-0.1, -0.05) is 18.1 Å². The summed E-state index contributed by atoms with van der Waals surface area (Å²) in [4.78, 5) is 4.08. The second-order valence-corrected chi connectivity index (χ2v) is 7.53. The number of halogens is 2. The molecule has 26 heavy (non-hydrogen) atoms. The van der Waals surface area contributed by atoms with E-state index >= 15 is 0 Å². The molecule has 0 aliphatic rings. The van der Waals surface area contributed by atoms with Crippen LogP contribution in [-0.4, -0.2) is 29.4 Å². The Hall–Kier alpha value is -3.05. The third kappa shape index (κ3) is 3.48. The molecule has 0 aliphatic heterocycles. The van der Waals surface area contributed by atoms with Gasteiger partial charge in [0.25, 0.3) is 6.43 Å². The van der Waals surface area contributed by atoms with Crippen LogP contribution in [0.4, 0.5) is 8.78 Å². The molecule has 132 valence electrons. The zero-order valence-corrected chi connectivity index (χ0v) is 14.4. The summed E-state index contributed by atoms with van der Waals surface area (Å²) in [6, 6.07) is 10.8. The fraction of sp³-hybridized carbons (Fsp3) is 0.111. The van der Waals surface area contributed by atoms with Crippen LogP contribution in [0.1, 0.15) is 17.7 Å². The molecule has 0 aliphatic carbocycles. The Morgan fingerprint density at radius 2 is 1.85 bits per heavy atom. The van der Waals surface area contributed by atoms with Crippen molar-refractivity contribution in [1.29, 1.82) is 0 Å². The molecule has 0 unspecified atom stereocenters. The summed E-state index contributed by atoms with van der Waals surface area (Å²) in [5, 5.41) is 3.91. The van der Waals surface area contributed by atoms with Crippen LogP contribution in [0.5, 0.6) is 0 Å². The number of terminal acetylenes is 1. The third-order valence-electron chi connectivity index (χ3n) is 3.67. The van der Waals surface area contributed by atoms with E-state index in [0.717, 1.165) is 6.26 Å². The normalized spacial score (nSPS) is 11.5. The van der Waals surface area contributed by atoms with Crippen LogP contribution in [0.15, 0.2) is 53.6 Å². The Morgan fingerprint density at radius 1 is 1.15 bits per heavy atom. The average Bonchev–Trinajstić information content (AvgIpc) is 3.07. The molecule has 0 bridgehead atoms. The molecule has 2 heterocycles. The molecule has 0 fully saturated rings. The molecule has 3 aromatic rings. The maximum Gasteiger partial charge on any atom is 0.282 e. The van der Waals surface area contributed by atoms with Gasteiger partial charge in [-0.3, -0.25) is 0 Å². The Kier molecular flexibility index (Phi) is 4.57. The molecule has 0 amide bonds. The SMILES string of the molecule is C#Cc1ccc(-c2cc(C(F)F)nn2-c2ccc(S(C)(=O)=O)cn2)cc1. The van der Waals surface area contributed by atoms with Crippen molar-refractivity contribution in [3.05, 3.63) is 59.9 Å². The maximum atomic E-state index is 13.1. The predicted octanol–water partition coefficient (Wildman–Crippen LogP) is 3.26. The van der Waals surface area contributed by atoms with Crippen molar-refractivity contribution < 1.29 is 17.2 Å². The number of hydrogen-bond acceptors (Lipinski definition) is 4. The van der Waals surface area contributed by atoms with E-state index in [2.05, 4.69) is 16.0 Å². The molecule has 0 spiro atoms. The standard InChI is InChI=1S/C18H13F2N3O2S/c1-3-12-4-6-13(7-5-12)16-10-15(18(19)20)22-23(16)17-9-8-14(11-21-17)26(2,24)25/h1,4-11,18H,2H3. The molecule has 2 aromatic heterocycles. The molecular formula is C18H13F2N3O2S. The molecule has 0 saturated heterocycles. The summed E-state index contributed by atoms with van der Waals surface area (Å²) >= 11 is 0. The van der Waals surface area contributed by atoms with Crippen molar-refractivity contribution in [2.45, 2.75) is 11.3 Å². The first-order valence-electron chi connectivity index (χ1n) is 7.41. The van der Waals surface area contributed by atoms with Crippen LogP contribution in [0.25, 0.3) is 17.1 Å². The minimum absolute atomic E-state index is 0.0300. The number of hydrogen-bond donors (Lipinski definition) is 0. The van der Waals surface area contributed by atoms with Crippen molar-refractivity contribution in [2.24, 2.45) is 0 Å². The Balaban J connectivity index is 2.12. The van der Waals surface area contributed by atoms with Gasteiger partial charge in [0, 0.05) is 23.6 Å². The minimum atomic E-state index is -3.41. The molecule has 0 saturated carbocycles. The van der Waals surface area contributed by atoms with E-state index in [9.17, 15) is 17.2 Å². The van der Waals surface area contributed by atoms with Gasteiger partial charge < -0.3 is 0 Å². The largest absolute Gasteiger partial charge is 0.282 e. The van der Waals surface area contributed by atoms with Crippen molar-refractivity contribution in [1.82, 2.24) is 14.8 Å². The molecule has 1 aromatic carbocycles. The lowest BCUT2D eigenvalue weighted by Crippen LogP contribution is -2.04. The highest BCUT2D eigenvalue weighted by atomic mass is 32.2. The zero-order chi connectivity index (χ0) is 18.9. The fourth-order valence-corrected chi connectivity index (χ4v) is 2.90. The summed E-state index contributed by atoms with van der Waals surface area (Å²) in [5.41, 5.74) is 1.26. The second kappa shape index (κ2) is 6.69. The fourth-order valence-electron chi connectivity index (χ4n) is 2.34. The van der Waals surface area contributed by atoms with Crippen LogP contribution in [0.2, 0.25) is 0 Å². The van der Waals surface area contributed by atoms with Gasteiger partial charge in [-0.15, -0.1) is 6.42 Å². The summed E-state index contributed by atoms with van der Waals surface area (Å²) in [6.45, 7) is 0. The highest BCUT2D eigenvalue weighted by Gasteiger charge is 2.19. The van der Waals surface area contributed by atoms with E-state index < -0.39 is 22.0 Å². The number of nitrogens with zero attached hydrogens (tertiary/aromatic N) is 3. The first-order chi connectivity index (χ1) is 12.3. The lowest BCUT2D eigenvalue weighted by Gasteiger charge is -2.07. The van der Waals surface area contributed by atoms with E-state index in [1.807, 2.05) is 0 Å². The first kappa shape index (κ1) is 17.8. The minimum Gasteiger partial charge on any atom is -0.236 e. The second-order valence-electron chi connectivity index (χ2n) is 5.51. The van der Waals surface area contributed by atoms with E-state index in [1.165, 1.54) is 29.1 Å². The molecule has 8 heteroatoms. The number of pyridine rings is 1. The summed E-state index contributed by atoms with van der Waals surface area (Å²) in [5.74, 6) is 2.71. The number of rotatable bonds is 4. The van der Waals surface area contributed by atoms with E-state index in [-0.39, 0.29) is 10.7 Å². The van der Waals surface area contributed by atoms with Crippen LogP contribution in [-0.2, 0) is 9.84 Å². The van der Waals surface area contributed by atoms with Gasteiger partial charge in [-0.05, 0) is 30.3 Å². The third-order valence-corrected chi connectivity index (χ3v) is 4.76. The molecule has 0 N–H and O–H groups in total. The lowest BCUT2D eigenvalue weighted by atomic mass is 10.1. The molecule has 0 radical (unpaired) electrons. The van der Waals surface area contributed by atoms with Crippen LogP contribution in [0.3, 0.4) is 0 Å². The Bertz CT molecular complexity index is 1080. The van der Waals surface area contributed by atoms with Crippen LogP contribution >= 0.6 is 0 Å². The van der Waals surface area contributed by atoms with Crippen molar-refractivity contribution in [2.75, 3.05) is 6.26 Å². The predicted molar refractivity (Wildman–Crippen MR) is 92.8 cm³/mol. The smallest absolute Gasteiger partial charge is 0.236 e. The summed E-state index contributed by atoms with van der Waals surface area (Å²) in [6.07, 6.45) is 4.80. The van der Waals surface area contributed by atoms with Crippen LogP contribution in [0, 0.1) is 12.3 Å². The lowest BCUT2D eigenvalue weighted by molar-refractivity contribution is 0.145. The maximum absolute atomic E-state index is 13.1. The van der Waals surface area contributed by atoms with Gasteiger partial charge in [0.05, 0.1) is 10.6 Å².